The van der Waals surface area contributed by atoms with Gasteiger partial charge >= 0.3 is 5.97 Å². The molecule has 2 aliphatic rings. The van der Waals surface area contributed by atoms with Gasteiger partial charge in [0.25, 0.3) is 11.8 Å². The first-order chi connectivity index (χ1) is 16.3. The number of carbonyl (C=O) groups excluding carboxylic acids is 3. The predicted octanol–water partition coefficient (Wildman–Crippen LogP) is 2.14. The average molecular weight is 604 g/mol. The van der Waals surface area contributed by atoms with Gasteiger partial charge in [-0.05, 0) is 17.5 Å². The highest BCUT2D eigenvalue weighted by molar-refractivity contribution is 9.11. The van der Waals surface area contributed by atoms with Crippen LogP contribution in [0.1, 0.15) is 10.7 Å². The van der Waals surface area contributed by atoms with Gasteiger partial charge in [0.05, 0.1) is 11.3 Å². The van der Waals surface area contributed by atoms with Crippen molar-refractivity contribution in [1.82, 2.24) is 25.4 Å². The van der Waals surface area contributed by atoms with Crippen molar-refractivity contribution < 1.29 is 24.3 Å². The highest BCUT2D eigenvalue weighted by Gasteiger charge is 2.54. The first kappa shape index (κ1) is 24.8. The summed E-state index contributed by atoms with van der Waals surface area (Å²) in [6.07, 6.45) is 0.483. The van der Waals surface area contributed by atoms with Crippen LogP contribution in [0.3, 0.4) is 0 Å². The number of rotatable bonds is 9. The van der Waals surface area contributed by atoms with Gasteiger partial charge in [0, 0.05) is 16.9 Å². The maximum atomic E-state index is 12.9. The number of thioether (sulfide) groups is 2. The Morgan fingerprint density at radius 3 is 2.85 bits per heavy atom. The summed E-state index contributed by atoms with van der Waals surface area (Å²) in [5.41, 5.74) is 1.05. The molecule has 0 aromatic carbocycles. The fraction of sp³-hybridized carbons (Fsp3) is 0.278. The molecular formula is C18H15BrN6O5S4. The topological polar surface area (TPSA) is 154 Å². The van der Waals surface area contributed by atoms with Crippen LogP contribution in [0.25, 0.3) is 5.57 Å². The van der Waals surface area contributed by atoms with Crippen molar-refractivity contribution in [3.05, 3.63) is 32.3 Å². The Morgan fingerprint density at radius 2 is 2.21 bits per heavy atom. The number of carbonyl (C=O) groups is 4. The number of hydrogen-bond acceptors (Lipinski definition) is 11. The summed E-state index contributed by atoms with van der Waals surface area (Å²) in [4.78, 5) is 55.1. The number of β-lactam (4-membered cyclic amide) rings is 1. The van der Waals surface area contributed by atoms with E-state index in [2.05, 4.69) is 41.7 Å². The van der Waals surface area contributed by atoms with Crippen molar-refractivity contribution in [2.45, 2.75) is 22.7 Å². The average Bonchev–Trinajstić information content (AvgIpc) is 3.44. The van der Waals surface area contributed by atoms with E-state index in [1.54, 1.807) is 5.38 Å². The third-order valence-corrected chi connectivity index (χ3v) is 9.36. The Balaban J connectivity index is 1.46. The summed E-state index contributed by atoms with van der Waals surface area (Å²) in [6.45, 7) is 1.84. The molecule has 0 spiro atoms. The number of aliphatic carboxylic acids is 1. The molecule has 1 unspecified atom stereocenters. The highest BCUT2D eigenvalue weighted by atomic mass is 79.9. The Kier molecular flexibility index (Phi) is 7.71. The fourth-order valence-electron chi connectivity index (χ4n) is 3.23. The number of aryl methyl sites for hydroxylation is 1. The van der Waals surface area contributed by atoms with Crippen LogP contribution in [0, 0.1) is 6.92 Å². The lowest BCUT2D eigenvalue weighted by Gasteiger charge is -2.49. The molecule has 1 saturated heterocycles. The van der Waals surface area contributed by atoms with Gasteiger partial charge in [-0.3, -0.25) is 19.3 Å². The molecule has 3 N–H and O–H groups in total. The van der Waals surface area contributed by atoms with E-state index >= 15 is 0 Å². The molecule has 4 heterocycles. The van der Waals surface area contributed by atoms with Crippen molar-refractivity contribution in [2.24, 2.45) is 0 Å². The minimum Gasteiger partial charge on any atom is -0.477 e. The fourth-order valence-corrected chi connectivity index (χ4v) is 7.65. The molecule has 2 aromatic rings. The van der Waals surface area contributed by atoms with Crippen molar-refractivity contribution >= 4 is 97.0 Å². The van der Waals surface area contributed by atoms with E-state index in [9.17, 15) is 24.3 Å². The maximum absolute atomic E-state index is 12.9. The number of nitrogens with zero attached hydrogens (tertiary/aromatic N) is 4. The van der Waals surface area contributed by atoms with E-state index in [-0.39, 0.29) is 11.3 Å². The Hall–Kier alpha value is -2.27. The molecule has 0 bridgehead atoms. The van der Waals surface area contributed by atoms with E-state index in [0.717, 1.165) is 20.7 Å². The summed E-state index contributed by atoms with van der Waals surface area (Å²) in [7, 11) is 0. The summed E-state index contributed by atoms with van der Waals surface area (Å²) in [6, 6.07) is -0.875. The molecule has 0 aliphatic carbocycles. The molecule has 11 nitrogen and oxygen atoms in total. The number of nitrogens with one attached hydrogen (secondary N) is 2. The number of aromatic nitrogens is 3. The lowest BCUT2D eigenvalue weighted by Crippen LogP contribution is -2.70. The van der Waals surface area contributed by atoms with Crippen LogP contribution < -0.4 is 10.6 Å². The van der Waals surface area contributed by atoms with Crippen molar-refractivity contribution in [3.63, 3.8) is 0 Å². The number of hydrogen-bond donors (Lipinski definition) is 3. The normalized spacial score (nSPS) is 20.0. The Morgan fingerprint density at radius 1 is 1.41 bits per heavy atom. The van der Waals surface area contributed by atoms with Crippen molar-refractivity contribution in [1.29, 1.82) is 0 Å². The third kappa shape index (κ3) is 4.91. The monoisotopic (exact) mass is 602 g/mol. The number of anilines is 1. The molecular weight excluding hydrogens is 588 g/mol. The molecule has 2 aromatic heterocycles. The van der Waals surface area contributed by atoms with Gasteiger partial charge in [-0.25, -0.2) is 9.78 Å². The van der Waals surface area contributed by atoms with Crippen LogP contribution in [-0.2, 0) is 19.2 Å². The van der Waals surface area contributed by atoms with Gasteiger partial charge in [0.1, 0.15) is 22.1 Å². The summed E-state index contributed by atoms with van der Waals surface area (Å²) in [5, 5.41) is 25.1. The SMILES string of the molecule is Cc1nnc(SCC2=C(C(=O)O)N3C(=O)C(NC(=O)C(=CBr)c4csc(NC=O)n4)[C@@H]3SC2)s1. The Labute approximate surface area is 217 Å². The van der Waals surface area contributed by atoms with Crippen LogP contribution >= 0.6 is 62.1 Å². The van der Waals surface area contributed by atoms with Gasteiger partial charge in [-0.15, -0.1) is 33.3 Å². The van der Waals surface area contributed by atoms with Gasteiger partial charge in [-0.1, -0.05) is 39.0 Å². The van der Waals surface area contributed by atoms with Crippen molar-refractivity contribution in [2.75, 3.05) is 16.8 Å². The summed E-state index contributed by atoms with van der Waals surface area (Å²) < 4.78 is 0.726. The molecule has 1 fully saturated rings. The van der Waals surface area contributed by atoms with Gasteiger partial charge < -0.3 is 15.7 Å². The second kappa shape index (κ2) is 10.6. The van der Waals surface area contributed by atoms with Crippen LogP contribution in [0.2, 0.25) is 0 Å². The largest absolute Gasteiger partial charge is 0.477 e. The lowest BCUT2D eigenvalue weighted by atomic mass is 10.0. The lowest BCUT2D eigenvalue weighted by molar-refractivity contribution is -0.150. The van der Waals surface area contributed by atoms with E-state index in [1.807, 2.05) is 6.92 Å². The number of amides is 3. The second-order valence-corrected chi connectivity index (χ2v) is 11.6. The highest BCUT2D eigenvalue weighted by Crippen LogP contribution is 2.42. The molecule has 0 radical (unpaired) electrons. The minimum atomic E-state index is -1.19. The third-order valence-electron chi connectivity index (χ3n) is 4.73. The van der Waals surface area contributed by atoms with E-state index < -0.39 is 29.2 Å². The Bertz CT molecular complexity index is 1230. The van der Waals surface area contributed by atoms with Crippen molar-refractivity contribution in [3.8, 4) is 0 Å². The molecule has 178 valence electrons. The van der Waals surface area contributed by atoms with Gasteiger partial charge in [0.15, 0.2) is 9.47 Å². The molecule has 34 heavy (non-hydrogen) atoms. The van der Waals surface area contributed by atoms with Crippen LogP contribution in [0.4, 0.5) is 5.13 Å². The number of fused-ring (bicyclic) bond motifs is 1. The quantitative estimate of drug-likeness (QED) is 0.168. The predicted molar refractivity (Wildman–Crippen MR) is 134 cm³/mol. The molecule has 2 aliphatic heterocycles. The van der Waals surface area contributed by atoms with Gasteiger partial charge in [0.2, 0.25) is 6.41 Å². The minimum absolute atomic E-state index is 0.0478. The van der Waals surface area contributed by atoms with Crippen LogP contribution in [-0.4, -0.2) is 72.3 Å². The number of carboxylic acid groups (broad SMARTS) is 1. The second-order valence-electron chi connectivity index (χ2n) is 6.82. The molecule has 2 atom stereocenters. The number of carboxylic acids is 1. The summed E-state index contributed by atoms with van der Waals surface area (Å²) in [5.74, 6) is -1.46. The van der Waals surface area contributed by atoms with E-state index in [1.165, 1.54) is 44.7 Å². The first-order valence-corrected chi connectivity index (χ1v) is 14.1. The zero-order chi connectivity index (χ0) is 24.4. The van der Waals surface area contributed by atoms with Crippen LogP contribution in [0.15, 0.2) is 26.0 Å². The smallest absolute Gasteiger partial charge is 0.352 e. The number of thiazole rings is 1. The van der Waals surface area contributed by atoms with Crippen LogP contribution in [0.5, 0.6) is 0 Å². The molecule has 4 rings (SSSR count). The number of halogens is 1. The zero-order valence-electron chi connectivity index (χ0n) is 17.2. The van der Waals surface area contributed by atoms with Gasteiger partial charge in [-0.2, -0.15) is 0 Å². The first-order valence-electron chi connectivity index (χ1n) is 9.44. The molecule has 3 amide bonds. The van der Waals surface area contributed by atoms with E-state index in [0.29, 0.717) is 34.3 Å². The standard InChI is InChI=1S/C18H15BrN6O5S4/c1-7-23-24-18(34-7)33-4-8-3-31-15-11(14(28)25(15)12(8)16(29)30)22-13(27)9(2-19)10-5-32-17(21-10)20-6-26/h2,5-6,11,15H,3-4H2,1H3,(H,22,27)(H,29,30)(H,20,21,26)/t11?,15-/m0/s1. The maximum Gasteiger partial charge on any atom is 0.352 e. The summed E-state index contributed by atoms with van der Waals surface area (Å²) >= 11 is 8.48. The molecule has 0 saturated carbocycles. The molecule has 16 heteroatoms. The van der Waals surface area contributed by atoms with E-state index in [4.69, 9.17) is 0 Å². The zero-order valence-corrected chi connectivity index (χ0v) is 22.0.